The lowest BCUT2D eigenvalue weighted by atomic mass is 9.91. The molecule has 0 aromatic heterocycles. The largest absolute Gasteiger partial charge is 0.487 e. The molecule has 1 aromatic carbocycles. The molecule has 0 radical (unpaired) electrons. The van der Waals surface area contributed by atoms with Crippen LogP contribution in [0.3, 0.4) is 0 Å². The van der Waals surface area contributed by atoms with Gasteiger partial charge in [-0.1, -0.05) is 22.9 Å². The number of benzene rings is 1. The number of nitro groups is 1. The van der Waals surface area contributed by atoms with E-state index in [1.807, 2.05) is 6.92 Å². The van der Waals surface area contributed by atoms with Crippen molar-refractivity contribution in [3.8, 4) is 5.75 Å². The molecule has 0 bridgehead atoms. The molecule has 0 amide bonds. The Kier molecular flexibility index (Phi) is 5.23. The third-order valence-electron chi connectivity index (χ3n) is 3.05. The summed E-state index contributed by atoms with van der Waals surface area (Å²) in [7, 11) is 0. The first-order valence-electron chi connectivity index (χ1n) is 6.38. The summed E-state index contributed by atoms with van der Waals surface area (Å²) in [6.45, 7) is 2.65. The fourth-order valence-electron chi connectivity index (χ4n) is 2.00. The van der Waals surface area contributed by atoms with Gasteiger partial charge in [-0.3, -0.25) is 10.1 Å². The standard InChI is InChI=1S/C13H15BrClNO4/c1-2-3-19-13-11(15)7-12(13)20-10-5-8(14)4-9(6-10)16(17)18/h4-6,11-13H,2-3,7H2,1H3. The number of halogens is 2. The van der Waals surface area contributed by atoms with Gasteiger partial charge in [0.1, 0.15) is 18.0 Å². The maximum atomic E-state index is 10.8. The van der Waals surface area contributed by atoms with Crippen LogP contribution in [0.4, 0.5) is 5.69 Å². The van der Waals surface area contributed by atoms with Gasteiger partial charge in [0.15, 0.2) is 0 Å². The van der Waals surface area contributed by atoms with Crippen LogP contribution in [0.25, 0.3) is 0 Å². The molecule has 1 saturated carbocycles. The number of rotatable bonds is 6. The van der Waals surface area contributed by atoms with Crippen molar-refractivity contribution in [1.29, 1.82) is 0 Å². The molecule has 1 aliphatic carbocycles. The second kappa shape index (κ2) is 6.74. The van der Waals surface area contributed by atoms with E-state index in [-0.39, 0.29) is 23.3 Å². The minimum atomic E-state index is -0.451. The Balaban J connectivity index is 2.04. The van der Waals surface area contributed by atoms with E-state index < -0.39 is 4.92 Å². The van der Waals surface area contributed by atoms with Gasteiger partial charge >= 0.3 is 0 Å². The average Bonchev–Trinajstić information content (AvgIpc) is 2.37. The molecule has 20 heavy (non-hydrogen) atoms. The zero-order valence-electron chi connectivity index (χ0n) is 10.9. The van der Waals surface area contributed by atoms with Crippen molar-refractivity contribution < 1.29 is 14.4 Å². The molecule has 3 atom stereocenters. The number of nitro benzene ring substituents is 1. The van der Waals surface area contributed by atoms with Crippen LogP contribution in [0, 0.1) is 10.1 Å². The highest BCUT2D eigenvalue weighted by Crippen LogP contribution is 2.35. The molecule has 1 fully saturated rings. The zero-order chi connectivity index (χ0) is 14.7. The maximum Gasteiger partial charge on any atom is 0.274 e. The fourth-order valence-corrected chi connectivity index (χ4v) is 2.88. The first-order chi connectivity index (χ1) is 9.51. The third kappa shape index (κ3) is 3.62. The van der Waals surface area contributed by atoms with Crippen molar-refractivity contribution in [2.45, 2.75) is 37.4 Å². The number of hydrogen-bond acceptors (Lipinski definition) is 4. The molecular weight excluding hydrogens is 350 g/mol. The Hall–Kier alpha value is -0.850. The Morgan fingerprint density at radius 3 is 2.85 bits per heavy atom. The molecule has 0 N–H and O–H groups in total. The SMILES string of the molecule is CCCOC1C(Cl)CC1Oc1cc(Br)cc([N+](=O)[O-])c1. The average molecular weight is 365 g/mol. The van der Waals surface area contributed by atoms with Gasteiger partial charge in [0, 0.05) is 23.6 Å². The van der Waals surface area contributed by atoms with Crippen LogP contribution < -0.4 is 4.74 Å². The summed E-state index contributed by atoms with van der Waals surface area (Å²) < 4.78 is 12.0. The Morgan fingerprint density at radius 1 is 1.50 bits per heavy atom. The van der Waals surface area contributed by atoms with Gasteiger partial charge in [0.2, 0.25) is 0 Å². The number of alkyl halides is 1. The number of hydrogen-bond donors (Lipinski definition) is 0. The molecular formula is C13H15BrClNO4. The predicted octanol–water partition coefficient (Wildman–Crippen LogP) is 3.91. The van der Waals surface area contributed by atoms with Crippen LogP contribution in [0.2, 0.25) is 0 Å². The molecule has 0 saturated heterocycles. The van der Waals surface area contributed by atoms with Gasteiger partial charge in [0.25, 0.3) is 5.69 Å². The summed E-state index contributed by atoms with van der Waals surface area (Å²) in [5.41, 5.74) is -0.0119. The molecule has 7 heteroatoms. The third-order valence-corrected chi connectivity index (χ3v) is 3.93. The van der Waals surface area contributed by atoms with Crippen molar-refractivity contribution in [3.63, 3.8) is 0 Å². The van der Waals surface area contributed by atoms with Gasteiger partial charge in [-0.05, 0) is 12.5 Å². The van der Waals surface area contributed by atoms with Gasteiger partial charge in [-0.25, -0.2) is 0 Å². The zero-order valence-corrected chi connectivity index (χ0v) is 13.3. The van der Waals surface area contributed by atoms with E-state index in [2.05, 4.69) is 15.9 Å². The Morgan fingerprint density at radius 2 is 2.25 bits per heavy atom. The van der Waals surface area contributed by atoms with E-state index in [0.717, 1.165) is 6.42 Å². The molecule has 5 nitrogen and oxygen atoms in total. The number of ether oxygens (including phenoxy) is 2. The molecule has 0 aliphatic heterocycles. The molecule has 2 rings (SSSR count). The number of nitrogens with zero attached hydrogens (tertiary/aromatic N) is 1. The summed E-state index contributed by atoms with van der Waals surface area (Å²) >= 11 is 9.34. The van der Waals surface area contributed by atoms with Crippen LogP contribution in [-0.2, 0) is 4.74 Å². The Labute approximate surface area is 130 Å². The van der Waals surface area contributed by atoms with E-state index in [1.165, 1.54) is 12.1 Å². The van der Waals surface area contributed by atoms with Crippen LogP contribution in [0.5, 0.6) is 5.75 Å². The summed E-state index contributed by atoms with van der Waals surface area (Å²) in [6, 6.07) is 4.54. The monoisotopic (exact) mass is 363 g/mol. The quantitative estimate of drug-likeness (QED) is 0.436. The molecule has 0 heterocycles. The van der Waals surface area contributed by atoms with Gasteiger partial charge in [-0.15, -0.1) is 11.6 Å². The second-order valence-corrected chi connectivity index (χ2v) is 6.12. The fraction of sp³-hybridized carbons (Fsp3) is 0.538. The molecule has 110 valence electrons. The van der Waals surface area contributed by atoms with Crippen molar-refractivity contribution >= 4 is 33.2 Å². The van der Waals surface area contributed by atoms with E-state index in [0.29, 0.717) is 23.2 Å². The lowest BCUT2D eigenvalue weighted by Gasteiger charge is -2.40. The van der Waals surface area contributed by atoms with Crippen LogP contribution in [-0.4, -0.2) is 29.1 Å². The van der Waals surface area contributed by atoms with Gasteiger partial charge in [0.05, 0.1) is 16.4 Å². The van der Waals surface area contributed by atoms with Crippen molar-refractivity contribution in [2.75, 3.05) is 6.61 Å². The van der Waals surface area contributed by atoms with Gasteiger partial charge in [-0.2, -0.15) is 0 Å². The first-order valence-corrected chi connectivity index (χ1v) is 7.61. The highest BCUT2D eigenvalue weighted by Gasteiger charge is 2.42. The molecule has 1 aliphatic rings. The summed E-state index contributed by atoms with van der Waals surface area (Å²) in [4.78, 5) is 10.4. The highest BCUT2D eigenvalue weighted by atomic mass is 79.9. The van der Waals surface area contributed by atoms with E-state index >= 15 is 0 Å². The topological polar surface area (TPSA) is 61.6 Å². The molecule has 1 aromatic rings. The first kappa shape index (κ1) is 15.5. The summed E-state index contributed by atoms with van der Waals surface area (Å²) in [5.74, 6) is 0.449. The predicted molar refractivity (Wildman–Crippen MR) is 79.5 cm³/mol. The van der Waals surface area contributed by atoms with Crippen molar-refractivity contribution in [1.82, 2.24) is 0 Å². The van der Waals surface area contributed by atoms with Gasteiger partial charge < -0.3 is 9.47 Å². The van der Waals surface area contributed by atoms with Crippen molar-refractivity contribution in [3.05, 3.63) is 32.8 Å². The highest BCUT2D eigenvalue weighted by molar-refractivity contribution is 9.10. The molecule has 3 unspecified atom stereocenters. The summed E-state index contributed by atoms with van der Waals surface area (Å²) in [6.07, 6.45) is 1.28. The van der Waals surface area contributed by atoms with Crippen LogP contribution in [0.1, 0.15) is 19.8 Å². The van der Waals surface area contributed by atoms with Crippen LogP contribution in [0.15, 0.2) is 22.7 Å². The minimum Gasteiger partial charge on any atom is -0.487 e. The normalized spacial score (nSPS) is 25.1. The van der Waals surface area contributed by atoms with E-state index in [1.54, 1.807) is 6.07 Å². The summed E-state index contributed by atoms with van der Waals surface area (Å²) in [5, 5.41) is 10.8. The second-order valence-electron chi connectivity index (χ2n) is 4.65. The molecule has 0 spiro atoms. The van der Waals surface area contributed by atoms with E-state index in [4.69, 9.17) is 21.1 Å². The Bertz CT molecular complexity index is 499. The smallest absolute Gasteiger partial charge is 0.274 e. The van der Waals surface area contributed by atoms with E-state index in [9.17, 15) is 10.1 Å². The lowest BCUT2D eigenvalue weighted by Crippen LogP contribution is -2.52. The van der Waals surface area contributed by atoms with Crippen molar-refractivity contribution in [2.24, 2.45) is 0 Å². The minimum absolute atomic E-state index is 0.0119. The number of non-ortho nitro benzene ring substituents is 1. The van der Waals surface area contributed by atoms with Crippen LogP contribution >= 0.6 is 27.5 Å². The lowest BCUT2D eigenvalue weighted by molar-refractivity contribution is -0.385. The maximum absolute atomic E-state index is 10.8.